The molecule has 0 fully saturated rings. The molecule has 1 aromatic rings. The third-order valence-electron chi connectivity index (χ3n) is 2.21. The second-order valence-corrected chi connectivity index (χ2v) is 6.29. The molecule has 0 saturated heterocycles. The van der Waals surface area contributed by atoms with Crippen molar-refractivity contribution in [1.82, 2.24) is 9.71 Å². The number of hydrogen-bond donors (Lipinski definition) is 2. The van der Waals surface area contributed by atoms with Crippen LogP contribution in [0.1, 0.15) is 26.2 Å². The molecule has 0 spiro atoms. The number of unbranched alkanes of at least 4 members (excludes halogenated alkanes) is 2. The number of sulfonamides is 1. The zero-order valence-electron chi connectivity index (χ0n) is 9.61. The summed E-state index contributed by atoms with van der Waals surface area (Å²) in [5.74, 6) is 0.0104. The SMILES string of the molecule is CCCCCNS(=O)(=O)c1cc(Br)cnc1N. The monoisotopic (exact) mass is 321 g/mol. The standard InChI is InChI=1S/C10H16BrN3O2S/c1-2-3-4-5-14-17(15,16)9-6-8(11)7-13-10(9)12/h6-7,14H,2-5H2,1H3,(H2,12,13). The molecule has 5 nitrogen and oxygen atoms in total. The minimum Gasteiger partial charge on any atom is -0.383 e. The molecule has 0 aliphatic heterocycles. The van der Waals surface area contributed by atoms with Crippen LogP contribution in [0, 0.1) is 0 Å². The number of aromatic nitrogens is 1. The molecule has 17 heavy (non-hydrogen) atoms. The Labute approximate surface area is 110 Å². The highest BCUT2D eigenvalue weighted by molar-refractivity contribution is 9.10. The minimum absolute atomic E-state index is 0.0104. The lowest BCUT2D eigenvalue weighted by Gasteiger charge is -2.08. The van der Waals surface area contributed by atoms with Crippen molar-refractivity contribution in [3.05, 3.63) is 16.7 Å². The number of hydrogen-bond acceptors (Lipinski definition) is 4. The fourth-order valence-electron chi connectivity index (χ4n) is 1.31. The molecule has 1 rings (SSSR count). The van der Waals surface area contributed by atoms with Crippen LogP contribution >= 0.6 is 15.9 Å². The average Bonchev–Trinajstić information content (AvgIpc) is 2.28. The first-order chi connectivity index (χ1) is 7.97. The van der Waals surface area contributed by atoms with E-state index in [4.69, 9.17) is 5.73 Å². The molecule has 0 atom stereocenters. The van der Waals surface area contributed by atoms with E-state index in [2.05, 4.69) is 32.6 Å². The largest absolute Gasteiger partial charge is 0.383 e. The average molecular weight is 322 g/mol. The van der Waals surface area contributed by atoms with Gasteiger partial charge in [-0.05, 0) is 28.4 Å². The van der Waals surface area contributed by atoms with Crippen LogP contribution in [0.5, 0.6) is 0 Å². The van der Waals surface area contributed by atoms with Gasteiger partial charge < -0.3 is 5.73 Å². The number of rotatable bonds is 6. The number of nitrogens with one attached hydrogen (secondary N) is 1. The number of anilines is 1. The molecule has 1 heterocycles. The van der Waals surface area contributed by atoms with Crippen LogP contribution in [0.4, 0.5) is 5.82 Å². The van der Waals surface area contributed by atoms with Gasteiger partial charge >= 0.3 is 0 Å². The first-order valence-corrected chi connectivity index (χ1v) is 7.65. The lowest BCUT2D eigenvalue weighted by atomic mass is 10.3. The molecule has 0 aromatic carbocycles. The number of nitrogens with zero attached hydrogens (tertiary/aromatic N) is 1. The van der Waals surface area contributed by atoms with Gasteiger partial charge in [-0.15, -0.1) is 0 Å². The lowest BCUT2D eigenvalue weighted by molar-refractivity contribution is 0.576. The maximum absolute atomic E-state index is 11.9. The Hall–Kier alpha value is -0.660. The van der Waals surface area contributed by atoms with E-state index in [9.17, 15) is 8.42 Å². The van der Waals surface area contributed by atoms with Crippen LogP contribution in [-0.2, 0) is 10.0 Å². The van der Waals surface area contributed by atoms with E-state index in [0.29, 0.717) is 11.0 Å². The number of nitrogens with two attached hydrogens (primary N) is 1. The van der Waals surface area contributed by atoms with Crippen LogP contribution in [0.15, 0.2) is 21.6 Å². The van der Waals surface area contributed by atoms with Crippen LogP contribution in [0.25, 0.3) is 0 Å². The van der Waals surface area contributed by atoms with Gasteiger partial charge in [0.1, 0.15) is 10.7 Å². The van der Waals surface area contributed by atoms with E-state index in [-0.39, 0.29) is 10.7 Å². The Morgan fingerprint density at radius 1 is 1.47 bits per heavy atom. The summed E-state index contributed by atoms with van der Waals surface area (Å²) in [6.45, 7) is 2.48. The van der Waals surface area contributed by atoms with Crippen LogP contribution in [0.2, 0.25) is 0 Å². The van der Waals surface area contributed by atoms with Gasteiger partial charge in [0.15, 0.2) is 0 Å². The molecule has 0 bridgehead atoms. The van der Waals surface area contributed by atoms with E-state index >= 15 is 0 Å². The van der Waals surface area contributed by atoms with Gasteiger partial charge in [-0.1, -0.05) is 19.8 Å². The van der Waals surface area contributed by atoms with E-state index in [0.717, 1.165) is 19.3 Å². The number of nitrogen functional groups attached to an aromatic ring is 1. The third kappa shape index (κ3) is 4.25. The highest BCUT2D eigenvalue weighted by Gasteiger charge is 2.17. The molecule has 0 radical (unpaired) electrons. The van der Waals surface area contributed by atoms with E-state index in [1.54, 1.807) is 0 Å². The Morgan fingerprint density at radius 3 is 2.82 bits per heavy atom. The minimum atomic E-state index is -3.56. The normalized spacial score (nSPS) is 11.6. The van der Waals surface area contributed by atoms with Gasteiger partial charge in [0.25, 0.3) is 0 Å². The molecule has 1 aromatic heterocycles. The van der Waals surface area contributed by atoms with Crippen molar-refractivity contribution in [3.8, 4) is 0 Å². The van der Waals surface area contributed by atoms with Crippen LogP contribution in [0.3, 0.4) is 0 Å². The smallest absolute Gasteiger partial charge is 0.244 e. The Balaban J connectivity index is 2.79. The summed E-state index contributed by atoms with van der Waals surface area (Å²) in [5.41, 5.74) is 5.55. The maximum Gasteiger partial charge on any atom is 0.244 e. The Kier molecular flexibility index (Phi) is 5.35. The van der Waals surface area contributed by atoms with Gasteiger partial charge in [-0.2, -0.15) is 0 Å². The van der Waals surface area contributed by atoms with Crippen molar-refractivity contribution >= 4 is 31.8 Å². The summed E-state index contributed by atoms with van der Waals surface area (Å²) in [4.78, 5) is 3.82. The van der Waals surface area contributed by atoms with Crippen molar-refractivity contribution in [1.29, 1.82) is 0 Å². The first kappa shape index (κ1) is 14.4. The molecular formula is C10H16BrN3O2S. The van der Waals surface area contributed by atoms with Gasteiger partial charge in [0, 0.05) is 17.2 Å². The summed E-state index contributed by atoms with van der Waals surface area (Å²) in [5, 5.41) is 0. The lowest BCUT2D eigenvalue weighted by Crippen LogP contribution is -2.25. The summed E-state index contributed by atoms with van der Waals surface area (Å²) in [6.07, 6.45) is 4.32. The van der Waals surface area contributed by atoms with Gasteiger partial charge in [-0.3, -0.25) is 0 Å². The molecule has 0 unspecified atom stereocenters. The summed E-state index contributed by atoms with van der Waals surface area (Å²) in [6, 6.07) is 1.45. The second kappa shape index (κ2) is 6.32. The Bertz CT molecular complexity index is 476. The number of pyridine rings is 1. The zero-order chi connectivity index (χ0) is 12.9. The fourth-order valence-corrected chi connectivity index (χ4v) is 2.97. The Morgan fingerprint density at radius 2 is 2.18 bits per heavy atom. The van der Waals surface area contributed by atoms with Gasteiger partial charge in [-0.25, -0.2) is 18.1 Å². The highest BCUT2D eigenvalue weighted by Crippen LogP contribution is 2.20. The quantitative estimate of drug-likeness (QED) is 0.783. The van der Waals surface area contributed by atoms with Crippen molar-refractivity contribution < 1.29 is 8.42 Å². The topological polar surface area (TPSA) is 85.1 Å². The van der Waals surface area contributed by atoms with Crippen molar-refractivity contribution in [2.24, 2.45) is 0 Å². The van der Waals surface area contributed by atoms with E-state index < -0.39 is 10.0 Å². The number of halogens is 1. The molecule has 0 amide bonds. The fraction of sp³-hybridized carbons (Fsp3) is 0.500. The molecule has 0 aliphatic carbocycles. The second-order valence-electron chi connectivity index (χ2n) is 3.64. The first-order valence-electron chi connectivity index (χ1n) is 5.38. The van der Waals surface area contributed by atoms with Gasteiger partial charge in [0.05, 0.1) is 0 Å². The third-order valence-corrected chi connectivity index (χ3v) is 4.13. The molecule has 7 heteroatoms. The van der Waals surface area contributed by atoms with Crippen molar-refractivity contribution in [3.63, 3.8) is 0 Å². The summed E-state index contributed by atoms with van der Waals surface area (Å²) >= 11 is 3.17. The molecule has 0 aliphatic rings. The highest BCUT2D eigenvalue weighted by atomic mass is 79.9. The van der Waals surface area contributed by atoms with Crippen molar-refractivity contribution in [2.75, 3.05) is 12.3 Å². The molecular weight excluding hydrogens is 306 g/mol. The molecule has 3 N–H and O–H groups in total. The molecule has 0 saturated carbocycles. The van der Waals surface area contributed by atoms with E-state index in [1.165, 1.54) is 12.3 Å². The maximum atomic E-state index is 11.9. The van der Waals surface area contributed by atoms with E-state index in [1.807, 2.05) is 0 Å². The van der Waals surface area contributed by atoms with Crippen molar-refractivity contribution in [2.45, 2.75) is 31.1 Å². The predicted octanol–water partition coefficient (Wildman–Crippen LogP) is 1.89. The zero-order valence-corrected chi connectivity index (χ0v) is 12.0. The summed E-state index contributed by atoms with van der Waals surface area (Å²) in [7, 11) is -3.56. The predicted molar refractivity (Wildman–Crippen MR) is 71.1 cm³/mol. The molecule has 96 valence electrons. The van der Waals surface area contributed by atoms with Crippen LogP contribution < -0.4 is 10.5 Å². The summed E-state index contributed by atoms with van der Waals surface area (Å²) < 4.78 is 26.9. The van der Waals surface area contributed by atoms with Crippen LogP contribution in [-0.4, -0.2) is 19.9 Å². The van der Waals surface area contributed by atoms with Gasteiger partial charge in [0.2, 0.25) is 10.0 Å².